The molecular weight excluding hydrogens is 414 g/mol. The van der Waals surface area contributed by atoms with Crippen molar-refractivity contribution in [3.05, 3.63) is 98.4 Å². The van der Waals surface area contributed by atoms with Crippen molar-refractivity contribution in [1.82, 2.24) is 0 Å². The van der Waals surface area contributed by atoms with Gasteiger partial charge in [0.2, 0.25) is 0 Å². The van der Waals surface area contributed by atoms with E-state index in [9.17, 15) is 14.9 Å². The van der Waals surface area contributed by atoms with Gasteiger partial charge in [-0.1, -0.05) is 28.1 Å². The zero-order valence-corrected chi connectivity index (χ0v) is 15.6. The minimum Gasteiger partial charge on any atom is -0.479 e. The van der Waals surface area contributed by atoms with Crippen molar-refractivity contribution in [3.8, 4) is 5.75 Å². The maximum atomic E-state index is 12.1. The maximum absolute atomic E-state index is 12.1. The number of halogens is 1. The van der Waals surface area contributed by atoms with Crippen LogP contribution in [0.4, 0.5) is 5.69 Å². The van der Waals surface area contributed by atoms with Gasteiger partial charge in [-0.3, -0.25) is 14.9 Å². The molecule has 0 aliphatic heterocycles. The summed E-state index contributed by atoms with van der Waals surface area (Å²) in [5.41, 5.74) is 0.463. The Labute approximate surface area is 163 Å². The second-order valence-corrected chi connectivity index (χ2v) is 6.44. The van der Waals surface area contributed by atoms with E-state index in [-0.39, 0.29) is 23.8 Å². The molecule has 0 amide bonds. The van der Waals surface area contributed by atoms with Gasteiger partial charge < -0.3 is 9.15 Å². The molecule has 0 spiro atoms. The number of ketones is 1. The molecule has 0 atom stereocenters. The predicted octanol–water partition coefficient (Wildman–Crippen LogP) is 5.43. The zero-order chi connectivity index (χ0) is 19.2. The first-order valence-electron chi connectivity index (χ1n) is 7.96. The van der Waals surface area contributed by atoms with E-state index >= 15 is 0 Å². The minimum atomic E-state index is -0.501. The van der Waals surface area contributed by atoms with E-state index in [0.29, 0.717) is 17.1 Å². The number of para-hydroxylation sites is 2. The molecule has 136 valence electrons. The molecule has 0 N–H and O–H groups in total. The van der Waals surface area contributed by atoms with Crippen LogP contribution in [0.25, 0.3) is 6.08 Å². The number of nitrogens with zero attached hydrogens (tertiary/aromatic N) is 1. The van der Waals surface area contributed by atoms with E-state index in [1.54, 1.807) is 54.6 Å². The topological polar surface area (TPSA) is 82.6 Å². The maximum Gasteiger partial charge on any atom is 0.310 e. The van der Waals surface area contributed by atoms with E-state index in [1.807, 2.05) is 0 Å². The molecule has 3 rings (SSSR count). The third kappa shape index (κ3) is 4.92. The largest absolute Gasteiger partial charge is 0.479 e. The van der Waals surface area contributed by atoms with Gasteiger partial charge in [-0.15, -0.1) is 0 Å². The summed E-state index contributed by atoms with van der Waals surface area (Å²) in [6, 6.07) is 16.6. The fourth-order valence-electron chi connectivity index (χ4n) is 2.31. The van der Waals surface area contributed by atoms with Crippen LogP contribution in [0.3, 0.4) is 0 Å². The van der Waals surface area contributed by atoms with Gasteiger partial charge in [0, 0.05) is 16.1 Å². The summed E-state index contributed by atoms with van der Waals surface area (Å²) in [5.74, 6) is 1.00. The van der Waals surface area contributed by atoms with Gasteiger partial charge in [0.1, 0.15) is 18.1 Å². The summed E-state index contributed by atoms with van der Waals surface area (Å²) in [4.78, 5) is 22.6. The zero-order valence-electron chi connectivity index (χ0n) is 14.0. The lowest BCUT2D eigenvalue weighted by atomic mass is 10.1. The Morgan fingerprint density at radius 3 is 2.59 bits per heavy atom. The number of rotatable bonds is 7. The monoisotopic (exact) mass is 427 g/mol. The molecule has 3 aromatic rings. The Bertz CT molecular complexity index is 992. The molecule has 7 heteroatoms. The molecule has 0 saturated heterocycles. The lowest BCUT2D eigenvalue weighted by molar-refractivity contribution is -0.386. The number of ether oxygens (including phenoxy) is 1. The highest BCUT2D eigenvalue weighted by atomic mass is 79.9. The van der Waals surface area contributed by atoms with E-state index in [4.69, 9.17) is 9.15 Å². The minimum absolute atomic E-state index is 0.0410. The number of nitro groups is 1. The molecule has 1 aromatic heterocycles. The molecule has 27 heavy (non-hydrogen) atoms. The molecular formula is C20H14BrNO5. The van der Waals surface area contributed by atoms with Crippen molar-refractivity contribution < 1.29 is 18.9 Å². The number of carbonyl (C=O) groups excluding carboxylic acids is 1. The number of allylic oxidation sites excluding steroid dienone is 1. The van der Waals surface area contributed by atoms with E-state index in [1.165, 1.54) is 18.2 Å². The first kappa shape index (κ1) is 18.6. The second-order valence-electron chi connectivity index (χ2n) is 5.52. The van der Waals surface area contributed by atoms with Crippen molar-refractivity contribution in [3.63, 3.8) is 0 Å². The van der Waals surface area contributed by atoms with Crippen LogP contribution in [0.15, 0.2) is 75.6 Å². The van der Waals surface area contributed by atoms with Crippen LogP contribution in [0.5, 0.6) is 5.75 Å². The van der Waals surface area contributed by atoms with Crippen LogP contribution in [0.1, 0.15) is 21.9 Å². The molecule has 0 aliphatic carbocycles. The van der Waals surface area contributed by atoms with Crippen LogP contribution in [0.2, 0.25) is 0 Å². The fourth-order valence-corrected chi connectivity index (χ4v) is 2.57. The van der Waals surface area contributed by atoms with Crippen LogP contribution in [0, 0.1) is 10.1 Å². The Morgan fingerprint density at radius 1 is 1.11 bits per heavy atom. The second kappa shape index (κ2) is 8.46. The number of hydrogen-bond acceptors (Lipinski definition) is 5. The number of nitro benzene ring substituents is 1. The van der Waals surface area contributed by atoms with E-state index < -0.39 is 4.92 Å². The average molecular weight is 428 g/mol. The summed E-state index contributed by atoms with van der Waals surface area (Å²) in [7, 11) is 0. The highest BCUT2D eigenvalue weighted by Gasteiger charge is 2.14. The van der Waals surface area contributed by atoms with Crippen LogP contribution >= 0.6 is 15.9 Å². The average Bonchev–Trinajstić information content (AvgIpc) is 3.13. The smallest absolute Gasteiger partial charge is 0.310 e. The molecule has 1 heterocycles. The molecule has 6 nitrogen and oxygen atoms in total. The lowest BCUT2D eigenvalue weighted by Gasteiger charge is -2.04. The van der Waals surface area contributed by atoms with E-state index in [2.05, 4.69) is 15.9 Å². The molecule has 0 unspecified atom stereocenters. The molecule has 2 aromatic carbocycles. The summed E-state index contributed by atoms with van der Waals surface area (Å²) < 4.78 is 11.9. The summed E-state index contributed by atoms with van der Waals surface area (Å²) in [6.07, 6.45) is 2.99. The van der Waals surface area contributed by atoms with Crippen molar-refractivity contribution >= 4 is 33.5 Å². The van der Waals surface area contributed by atoms with Gasteiger partial charge in [0.25, 0.3) is 0 Å². The molecule has 0 saturated carbocycles. The number of furan rings is 1. The third-order valence-corrected chi connectivity index (χ3v) is 4.17. The number of hydrogen-bond donors (Lipinski definition) is 0. The predicted molar refractivity (Wildman–Crippen MR) is 104 cm³/mol. The summed E-state index contributed by atoms with van der Waals surface area (Å²) in [5, 5.41) is 11.0. The van der Waals surface area contributed by atoms with Crippen molar-refractivity contribution in [1.29, 1.82) is 0 Å². The molecule has 0 bridgehead atoms. The van der Waals surface area contributed by atoms with Crippen molar-refractivity contribution in [2.45, 2.75) is 6.61 Å². The Morgan fingerprint density at radius 2 is 1.85 bits per heavy atom. The Kier molecular flexibility index (Phi) is 5.83. The van der Waals surface area contributed by atoms with E-state index in [0.717, 1.165) is 4.47 Å². The molecule has 0 radical (unpaired) electrons. The normalized spacial score (nSPS) is 10.9. The molecule has 0 aliphatic rings. The number of carbonyl (C=O) groups is 1. The Hall–Kier alpha value is -3.19. The fraction of sp³-hybridized carbons (Fsp3) is 0.0500. The van der Waals surface area contributed by atoms with Gasteiger partial charge in [-0.2, -0.15) is 0 Å². The Balaban J connectivity index is 1.62. The van der Waals surface area contributed by atoms with Gasteiger partial charge in [-0.25, -0.2) is 0 Å². The summed E-state index contributed by atoms with van der Waals surface area (Å²) in [6.45, 7) is 0.0410. The number of benzene rings is 2. The molecule has 0 fully saturated rings. The van der Waals surface area contributed by atoms with Crippen molar-refractivity contribution in [2.24, 2.45) is 0 Å². The standard InChI is InChI=1S/C20H14BrNO5/c21-15-7-5-14(6-8-15)19(23)12-11-16-9-10-17(27-16)13-26-20-4-2-1-3-18(20)22(24)25/h1-12H,13H2/b12-11+. The quantitative estimate of drug-likeness (QED) is 0.217. The first-order chi connectivity index (χ1) is 13.0. The van der Waals surface area contributed by atoms with Crippen LogP contribution in [-0.4, -0.2) is 10.7 Å². The van der Waals surface area contributed by atoms with Gasteiger partial charge >= 0.3 is 5.69 Å². The third-order valence-electron chi connectivity index (χ3n) is 3.64. The van der Waals surface area contributed by atoms with Crippen LogP contribution in [-0.2, 0) is 6.61 Å². The van der Waals surface area contributed by atoms with Gasteiger partial charge in [0.15, 0.2) is 11.5 Å². The lowest BCUT2D eigenvalue weighted by Crippen LogP contribution is -1.97. The SMILES string of the molecule is O=C(/C=C/c1ccc(COc2ccccc2[N+](=O)[O-])o1)c1ccc(Br)cc1. The van der Waals surface area contributed by atoms with Gasteiger partial charge in [0.05, 0.1) is 4.92 Å². The summed E-state index contributed by atoms with van der Waals surface area (Å²) >= 11 is 3.32. The highest BCUT2D eigenvalue weighted by molar-refractivity contribution is 9.10. The van der Waals surface area contributed by atoms with Gasteiger partial charge in [-0.05, 0) is 54.6 Å². The first-order valence-corrected chi connectivity index (χ1v) is 8.75. The highest BCUT2D eigenvalue weighted by Crippen LogP contribution is 2.27. The van der Waals surface area contributed by atoms with Crippen molar-refractivity contribution in [2.75, 3.05) is 0 Å². The van der Waals surface area contributed by atoms with Crippen LogP contribution < -0.4 is 4.74 Å².